The standard InChI is InChI=1S/C27H28F3NO3.ClH/c1-18(22-11-5-8-19-7-2-3-10-23(19)22)6-4-9-21-17-31(14-15-34-21)20-12-13-24(26(32)33)25(16-20)27(28,29)30;/h2-3,5,7-8,10-13,16,18,21H,4,6,9,14-15,17H2,1H3,(H,32,33);1H/t18-,21?;/m0./s1. The third kappa shape index (κ3) is 6.27. The van der Waals surface area contributed by atoms with Crippen LogP contribution in [0.15, 0.2) is 60.7 Å². The predicted octanol–water partition coefficient (Wildman–Crippen LogP) is 7.16. The van der Waals surface area contributed by atoms with Crippen LogP contribution in [0.4, 0.5) is 18.9 Å². The largest absolute Gasteiger partial charge is 0.478 e. The smallest absolute Gasteiger partial charge is 0.417 e. The number of nitrogens with zero attached hydrogens (tertiary/aromatic N) is 1. The Labute approximate surface area is 209 Å². The van der Waals surface area contributed by atoms with Gasteiger partial charge in [-0.05, 0) is 53.3 Å². The average molecular weight is 508 g/mol. The molecular weight excluding hydrogens is 479 g/mol. The highest BCUT2D eigenvalue weighted by Crippen LogP contribution is 2.35. The number of anilines is 1. The maximum atomic E-state index is 13.4. The molecule has 3 aromatic rings. The van der Waals surface area contributed by atoms with Crippen molar-refractivity contribution in [3.63, 3.8) is 0 Å². The predicted molar refractivity (Wildman–Crippen MR) is 134 cm³/mol. The Morgan fingerprint density at radius 3 is 2.63 bits per heavy atom. The van der Waals surface area contributed by atoms with Gasteiger partial charge in [-0.15, -0.1) is 12.4 Å². The van der Waals surface area contributed by atoms with E-state index in [0.29, 0.717) is 31.3 Å². The van der Waals surface area contributed by atoms with Crippen LogP contribution in [0.2, 0.25) is 0 Å². The third-order valence-corrected chi connectivity index (χ3v) is 6.56. The van der Waals surface area contributed by atoms with Crippen LogP contribution in [-0.4, -0.2) is 36.9 Å². The number of hydrogen-bond donors (Lipinski definition) is 1. The number of carboxylic acid groups (broad SMARTS) is 1. The molecule has 1 fully saturated rings. The molecule has 0 saturated carbocycles. The first-order chi connectivity index (χ1) is 16.2. The number of hydrogen-bond acceptors (Lipinski definition) is 3. The minimum atomic E-state index is -4.73. The molecule has 188 valence electrons. The molecule has 0 radical (unpaired) electrons. The number of benzene rings is 3. The lowest BCUT2D eigenvalue weighted by Crippen LogP contribution is -2.42. The molecular formula is C27H29ClF3NO3. The molecule has 4 rings (SSSR count). The van der Waals surface area contributed by atoms with Crippen molar-refractivity contribution in [3.05, 3.63) is 77.4 Å². The van der Waals surface area contributed by atoms with Gasteiger partial charge in [0.05, 0.1) is 23.8 Å². The van der Waals surface area contributed by atoms with Gasteiger partial charge in [0.2, 0.25) is 0 Å². The summed E-state index contributed by atoms with van der Waals surface area (Å²) < 4.78 is 46.1. The normalized spacial score (nSPS) is 17.1. The molecule has 35 heavy (non-hydrogen) atoms. The molecule has 1 aliphatic heterocycles. The summed E-state index contributed by atoms with van der Waals surface area (Å²) in [6.07, 6.45) is -2.08. The topological polar surface area (TPSA) is 49.8 Å². The van der Waals surface area contributed by atoms with Gasteiger partial charge in [0.1, 0.15) is 0 Å². The molecule has 1 heterocycles. The first-order valence-corrected chi connectivity index (χ1v) is 11.5. The molecule has 0 amide bonds. The minimum absolute atomic E-state index is 0. The second-order valence-electron chi connectivity index (χ2n) is 8.87. The molecule has 0 aliphatic carbocycles. The fraction of sp³-hybridized carbons (Fsp3) is 0.370. The van der Waals surface area contributed by atoms with Crippen molar-refractivity contribution >= 4 is 34.8 Å². The van der Waals surface area contributed by atoms with Crippen LogP contribution in [0, 0.1) is 0 Å². The van der Waals surface area contributed by atoms with Crippen LogP contribution in [-0.2, 0) is 10.9 Å². The van der Waals surface area contributed by atoms with Gasteiger partial charge in [-0.2, -0.15) is 13.2 Å². The van der Waals surface area contributed by atoms with E-state index < -0.39 is 23.3 Å². The zero-order chi connectivity index (χ0) is 24.3. The van der Waals surface area contributed by atoms with E-state index >= 15 is 0 Å². The van der Waals surface area contributed by atoms with Gasteiger partial charge < -0.3 is 14.7 Å². The van der Waals surface area contributed by atoms with Crippen LogP contribution >= 0.6 is 12.4 Å². The van der Waals surface area contributed by atoms with Crippen molar-refractivity contribution in [1.82, 2.24) is 0 Å². The van der Waals surface area contributed by atoms with Crippen molar-refractivity contribution in [2.75, 3.05) is 24.6 Å². The van der Waals surface area contributed by atoms with Gasteiger partial charge >= 0.3 is 12.1 Å². The zero-order valence-corrected chi connectivity index (χ0v) is 20.2. The van der Waals surface area contributed by atoms with Gasteiger partial charge in [-0.1, -0.05) is 55.8 Å². The van der Waals surface area contributed by atoms with E-state index in [1.807, 2.05) is 11.0 Å². The van der Waals surface area contributed by atoms with E-state index in [0.717, 1.165) is 31.4 Å². The maximum Gasteiger partial charge on any atom is 0.417 e. The first-order valence-electron chi connectivity index (χ1n) is 11.5. The van der Waals surface area contributed by atoms with Gasteiger partial charge in [-0.25, -0.2) is 4.79 Å². The molecule has 1 aliphatic rings. The summed E-state index contributed by atoms with van der Waals surface area (Å²) >= 11 is 0. The van der Waals surface area contributed by atoms with E-state index in [2.05, 4.69) is 43.3 Å². The number of carboxylic acids is 1. The van der Waals surface area contributed by atoms with Crippen molar-refractivity contribution in [1.29, 1.82) is 0 Å². The van der Waals surface area contributed by atoms with E-state index in [9.17, 15) is 18.0 Å². The summed E-state index contributed by atoms with van der Waals surface area (Å²) in [6.45, 7) is 3.59. The lowest BCUT2D eigenvalue weighted by molar-refractivity contribution is -0.138. The Morgan fingerprint density at radius 2 is 1.89 bits per heavy atom. The average Bonchev–Trinajstić information content (AvgIpc) is 2.83. The highest BCUT2D eigenvalue weighted by molar-refractivity contribution is 5.90. The fourth-order valence-corrected chi connectivity index (χ4v) is 4.77. The van der Waals surface area contributed by atoms with Crippen LogP contribution in [0.5, 0.6) is 0 Å². The van der Waals surface area contributed by atoms with E-state index in [1.165, 1.54) is 22.4 Å². The molecule has 1 saturated heterocycles. The quantitative estimate of drug-likeness (QED) is 0.368. The fourth-order valence-electron chi connectivity index (χ4n) is 4.77. The molecule has 3 aromatic carbocycles. The second-order valence-corrected chi connectivity index (χ2v) is 8.87. The number of alkyl halides is 3. The van der Waals surface area contributed by atoms with E-state index in [1.54, 1.807) is 0 Å². The summed E-state index contributed by atoms with van der Waals surface area (Å²) in [5.74, 6) is -1.21. The molecule has 1 unspecified atom stereocenters. The molecule has 4 nitrogen and oxygen atoms in total. The first kappa shape index (κ1) is 26.8. The number of morpholine rings is 1. The Bertz CT molecular complexity index is 1160. The number of aromatic carboxylic acids is 1. The Hall–Kier alpha value is -2.77. The maximum absolute atomic E-state index is 13.4. The summed E-state index contributed by atoms with van der Waals surface area (Å²) in [5, 5.41) is 11.6. The molecule has 0 spiro atoms. The summed E-state index contributed by atoms with van der Waals surface area (Å²) in [4.78, 5) is 13.1. The minimum Gasteiger partial charge on any atom is -0.478 e. The van der Waals surface area contributed by atoms with Gasteiger partial charge in [0, 0.05) is 18.8 Å². The lowest BCUT2D eigenvalue weighted by Gasteiger charge is -2.35. The molecule has 8 heteroatoms. The van der Waals surface area contributed by atoms with E-state index in [4.69, 9.17) is 9.84 Å². The van der Waals surface area contributed by atoms with Gasteiger partial charge in [0.25, 0.3) is 0 Å². The molecule has 2 atom stereocenters. The van der Waals surface area contributed by atoms with E-state index in [-0.39, 0.29) is 18.5 Å². The third-order valence-electron chi connectivity index (χ3n) is 6.56. The molecule has 0 bridgehead atoms. The summed E-state index contributed by atoms with van der Waals surface area (Å²) in [6, 6.07) is 18.1. The number of carbonyl (C=O) groups is 1. The van der Waals surface area contributed by atoms with Gasteiger partial charge in [-0.3, -0.25) is 0 Å². The van der Waals surface area contributed by atoms with Crippen molar-refractivity contribution < 1.29 is 27.8 Å². The lowest BCUT2D eigenvalue weighted by atomic mass is 9.90. The Balaban J connectivity index is 0.00000342. The monoisotopic (exact) mass is 507 g/mol. The Morgan fingerprint density at radius 1 is 1.14 bits per heavy atom. The molecule has 1 N–H and O–H groups in total. The second kappa shape index (κ2) is 11.3. The zero-order valence-electron chi connectivity index (χ0n) is 19.4. The van der Waals surface area contributed by atoms with Crippen molar-refractivity contribution in [3.8, 4) is 0 Å². The highest BCUT2D eigenvalue weighted by atomic mass is 35.5. The SMILES string of the molecule is C[C@@H](CCCC1CN(c2ccc(C(=O)O)c(C(F)(F)F)c2)CCO1)c1cccc2ccccc12.Cl. The summed E-state index contributed by atoms with van der Waals surface area (Å²) in [5.41, 5.74) is -0.162. The number of rotatable bonds is 7. The van der Waals surface area contributed by atoms with Crippen molar-refractivity contribution in [2.45, 2.75) is 44.4 Å². The number of fused-ring (bicyclic) bond motifs is 1. The van der Waals surface area contributed by atoms with Crippen LogP contribution < -0.4 is 4.90 Å². The van der Waals surface area contributed by atoms with Crippen LogP contribution in [0.1, 0.15) is 53.6 Å². The summed E-state index contributed by atoms with van der Waals surface area (Å²) in [7, 11) is 0. The molecule has 0 aromatic heterocycles. The Kier molecular flexibility index (Phi) is 8.67. The highest BCUT2D eigenvalue weighted by Gasteiger charge is 2.36. The van der Waals surface area contributed by atoms with Crippen molar-refractivity contribution in [2.24, 2.45) is 0 Å². The number of halogens is 4. The number of ether oxygens (including phenoxy) is 1. The van der Waals surface area contributed by atoms with Crippen LogP contribution in [0.25, 0.3) is 10.8 Å². The van der Waals surface area contributed by atoms with Crippen LogP contribution in [0.3, 0.4) is 0 Å². The van der Waals surface area contributed by atoms with Gasteiger partial charge in [0.15, 0.2) is 0 Å².